The number of likely N-dealkylation sites (tertiary alicyclic amines) is 1. The first-order valence-electron chi connectivity index (χ1n) is 23.3. The zero-order valence-corrected chi connectivity index (χ0v) is 27.5. The van der Waals surface area contributed by atoms with E-state index in [4.69, 9.17) is 12.3 Å². The lowest BCUT2D eigenvalue weighted by Gasteiger charge is -2.39. The lowest BCUT2D eigenvalue weighted by Crippen LogP contribution is -2.48. The minimum atomic E-state index is -4.66. The maximum atomic E-state index is 15.4. The number of aromatic nitrogens is 1. The first-order valence-corrected chi connectivity index (χ1v) is 16.2. The molecule has 272 valence electrons. The third-order valence-corrected chi connectivity index (χ3v) is 8.53. The Morgan fingerprint density at radius 1 is 1.00 bits per heavy atom. The van der Waals surface area contributed by atoms with Crippen LogP contribution >= 0.6 is 11.8 Å². The summed E-state index contributed by atoms with van der Waals surface area (Å²) in [6.45, 7) is -15.0. The van der Waals surface area contributed by atoms with E-state index in [0.717, 1.165) is 42.5 Å². The Morgan fingerprint density at radius 2 is 1.69 bits per heavy atom. The molecule has 0 radical (unpaired) electrons. The van der Waals surface area contributed by atoms with Gasteiger partial charge in [0.25, 0.3) is 0 Å². The smallest absolute Gasteiger partial charge is 0.383 e. The number of para-hydroxylation sites is 1. The van der Waals surface area contributed by atoms with Crippen LogP contribution in [0.15, 0.2) is 107 Å². The molecule has 0 atom stereocenters. The number of carbonyl (C=O) groups excluding carboxylic acids is 1. The van der Waals surface area contributed by atoms with Crippen LogP contribution in [-0.4, -0.2) is 59.5 Å². The molecule has 5 aromatic rings. The highest BCUT2D eigenvalue weighted by Gasteiger charge is 2.31. The van der Waals surface area contributed by atoms with E-state index in [1.807, 2.05) is 0 Å². The second-order valence-corrected chi connectivity index (χ2v) is 11.9. The molecule has 1 saturated heterocycles. The van der Waals surface area contributed by atoms with Gasteiger partial charge in [0.05, 0.1) is 30.9 Å². The highest BCUT2D eigenvalue weighted by Crippen LogP contribution is 2.32. The van der Waals surface area contributed by atoms with E-state index in [1.54, 1.807) is 0 Å². The van der Waals surface area contributed by atoms with Crippen LogP contribution in [0.3, 0.4) is 0 Å². The van der Waals surface area contributed by atoms with Crippen molar-refractivity contribution in [1.29, 1.82) is 0 Å². The summed E-state index contributed by atoms with van der Waals surface area (Å²) >= 11 is -0.0747. The molecule has 2 heterocycles. The average Bonchev–Trinajstić information content (AvgIpc) is 3.23. The third-order valence-electron chi connectivity index (χ3n) is 7.70. The van der Waals surface area contributed by atoms with Crippen LogP contribution in [0.2, 0.25) is 0 Å². The molecule has 1 aliphatic heterocycles. The summed E-state index contributed by atoms with van der Waals surface area (Å²) in [5, 5.41) is -1.11. The highest BCUT2D eigenvalue weighted by atomic mass is 32.2. The zero-order valence-electron chi connectivity index (χ0n) is 42.7. The number of fused-ring (bicyclic) bond motifs is 1. The number of nitrogens with zero attached hydrogens (tertiary/aromatic N) is 3. The van der Waals surface area contributed by atoms with Crippen LogP contribution in [0.5, 0.6) is 0 Å². The molecule has 6 rings (SSSR count). The number of carbonyl (C=O) groups is 1. The third kappa shape index (κ3) is 8.74. The number of amides is 1. The molecular weight excluding hydrogens is 698 g/mol. The van der Waals surface area contributed by atoms with Crippen LogP contribution in [0.4, 0.5) is 22.0 Å². The van der Waals surface area contributed by atoms with Crippen molar-refractivity contribution in [1.82, 2.24) is 14.4 Å². The summed E-state index contributed by atoms with van der Waals surface area (Å²) in [6, 6.07) is 12.7. The fraction of sp³-hybridized carbons (Fsp3) is 0.300. The van der Waals surface area contributed by atoms with Gasteiger partial charge in [-0.15, -0.1) is 11.8 Å². The van der Waals surface area contributed by atoms with Crippen molar-refractivity contribution in [2.45, 2.75) is 48.7 Å². The Balaban J connectivity index is 1.57. The zero-order chi connectivity index (χ0) is 51.0. The fourth-order valence-corrected chi connectivity index (χ4v) is 5.83. The van der Waals surface area contributed by atoms with Gasteiger partial charge < -0.3 is 19.1 Å². The highest BCUT2D eigenvalue weighted by molar-refractivity contribution is 7.98. The van der Waals surface area contributed by atoms with E-state index >= 15 is 9.18 Å². The number of benzene rings is 4. The van der Waals surface area contributed by atoms with E-state index in [9.17, 15) is 32.0 Å². The Bertz CT molecular complexity index is 2750. The summed E-state index contributed by atoms with van der Waals surface area (Å²) in [5.41, 5.74) is -6.01. The van der Waals surface area contributed by atoms with Gasteiger partial charge in [-0.2, -0.15) is 13.2 Å². The summed E-state index contributed by atoms with van der Waals surface area (Å²) in [4.78, 5) is 28.8. The maximum absolute atomic E-state index is 15.4. The lowest BCUT2D eigenvalue weighted by atomic mass is 10.00. The van der Waals surface area contributed by atoms with Crippen molar-refractivity contribution in [3.05, 3.63) is 136 Å². The number of alkyl halides is 3. The molecule has 52 heavy (non-hydrogen) atoms. The van der Waals surface area contributed by atoms with Crippen molar-refractivity contribution < 1.29 is 53.4 Å². The molecule has 0 saturated carbocycles. The van der Waals surface area contributed by atoms with E-state index in [-0.39, 0.29) is 43.6 Å². The van der Waals surface area contributed by atoms with Gasteiger partial charge in [0.2, 0.25) is 5.91 Å². The summed E-state index contributed by atoms with van der Waals surface area (Å²) in [7, 11) is -3.13. The van der Waals surface area contributed by atoms with Gasteiger partial charge >= 0.3 is 6.18 Å². The molecule has 0 aliphatic carbocycles. The fourth-order valence-electron chi connectivity index (χ4n) is 5.06. The predicted molar refractivity (Wildman–Crippen MR) is 193 cm³/mol. The Hall–Kier alpha value is -4.52. The van der Waals surface area contributed by atoms with Crippen molar-refractivity contribution in [3.8, 4) is 11.1 Å². The maximum Gasteiger partial charge on any atom is 0.416 e. The largest absolute Gasteiger partial charge is 0.416 e. The van der Waals surface area contributed by atoms with E-state index in [0.29, 0.717) is 16.7 Å². The molecule has 1 aliphatic rings. The van der Waals surface area contributed by atoms with Crippen LogP contribution in [0.25, 0.3) is 22.0 Å². The molecule has 0 N–H and O–H groups in total. The number of thioether (sulfide) groups is 1. The number of hydrogen-bond donors (Lipinski definition) is 0. The van der Waals surface area contributed by atoms with Gasteiger partial charge in [-0.05, 0) is 59.8 Å². The van der Waals surface area contributed by atoms with Crippen LogP contribution in [0, 0.1) is 11.6 Å². The predicted octanol–water partition coefficient (Wildman–Crippen LogP) is 8.40. The Morgan fingerprint density at radius 3 is 2.38 bits per heavy atom. The number of ether oxygens (including phenoxy) is 1. The van der Waals surface area contributed by atoms with Crippen LogP contribution in [-0.2, 0) is 34.5 Å². The number of piperidine rings is 1. The normalized spacial score (nSPS) is 24.0. The van der Waals surface area contributed by atoms with Crippen LogP contribution < -0.4 is 5.43 Å². The molecule has 1 aromatic heterocycles. The molecule has 0 spiro atoms. The molecule has 0 unspecified atom stereocenters. The number of pyridine rings is 1. The standard InChI is InChI=1S/C40H38F5N3O3S/c1-51-22-21-46-19-17-32(18-20-46)47(24-27-9-11-28(12-10-27)29-13-15-31(16-14-29)40(43,44)45)37(50)25-48-35-8-3-2-6-33(35)36(49)23-38(48)52-26-30-5-4-7-34(41)39(30)42/h2-16,23,32H,17-22,24-26H2,1H3/i1D3,17D2,18D2,19D2,20D2,25D2,26D2,32D. The lowest BCUT2D eigenvalue weighted by molar-refractivity contribution is -0.137. The molecule has 0 bridgehead atoms. The van der Waals surface area contributed by atoms with Crippen molar-refractivity contribution in [2.75, 3.05) is 33.2 Å². The van der Waals surface area contributed by atoms with Gasteiger partial charge in [0.1, 0.15) is 6.50 Å². The van der Waals surface area contributed by atoms with E-state index in [2.05, 4.69) is 4.74 Å². The van der Waals surface area contributed by atoms with Crippen LogP contribution in [0.1, 0.15) is 51.4 Å². The summed E-state index contributed by atoms with van der Waals surface area (Å²) in [6.07, 6.45) is -12.9. The minimum Gasteiger partial charge on any atom is -0.383 e. The second-order valence-electron chi connectivity index (χ2n) is 11.1. The Labute approximate surface area is 325 Å². The number of halogens is 5. The van der Waals surface area contributed by atoms with E-state index in [1.165, 1.54) is 42.5 Å². The molecule has 1 amide bonds. The molecule has 12 heteroatoms. The SMILES string of the molecule is [2H]C([2H])([2H])OCCN1C([2H])([2H])C([2H])([2H])C([2H])(N(Cc2ccc(-c3ccc(C(F)(F)F)cc3)cc2)C(=O)C([2H])([2H])n2c(SC([2H])([2H])c3cccc(F)c3F)cc(=O)c3ccccc32)C([2H])([2H])C1([2H])[2H]. The van der Waals surface area contributed by atoms with E-state index < -0.39 is 122 Å². The van der Waals surface area contributed by atoms with Crippen molar-refractivity contribution >= 4 is 28.6 Å². The summed E-state index contributed by atoms with van der Waals surface area (Å²) < 4.78 is 215. The number of rotatable bonds is 12. The van der Waals surface area contributed by atoms with Crippen molar-refractivity contribution in [2.24, 2.45) is 0 Å². The monoisotopic (exact) mass is 751 g/mol. The van der Waals surface area contributed by atoms with Gasteiger partial charge in [-0.1, -0.05) is 60.7 Å². The summed E-state index contributed by atoms with van der Waals surface area (Å²) in [5.74, 6) is -5.24. The average molecular weight is 752 g/mol. The van der Waals surface area contributed by atoms with Gasteiger partial charge in [-0.3, -0.25) is 9.59 Å². The number of methoxy groups -OCH3 is 1. The van der Waals surface area contributed by atoms with Crippen molar-refractivity contribution in [3.63, 3.8) is 0 Å². The molecule has 6 nitrogen and oxygen atoms in total. The minimum absolute atomic E-state index is 0.0632. The molecular formula is C40H38F5N3O3S. The topological polar surface area (TPSA) is 54.8 Å². The van der Waals surface area contributed by atoms with Gasteiger partial charge in [-0.25, -0.2) is 8.78 Å². The number of hydrogen-bond acceptors (Lipinski definition) is 5. The molecule has 4 aromatic carbocycles. The van der Waals surface area contributed by atoms with Gasteiger partial charge in [0, 0.05) is 75.6 Å². The quantitative estimate of drug-likeness (QED) is 0.0948. The first kappa shape index (κ1) is 21.9. The first-order chi connectivity index (χ1) is 31.1. The second kappa shape index (κ2) is 16.4. The molecule has 1 fully saturated rings. The van der Waals surface area contributed by atoms with Gasteiger partial charge in [0.15, 0.2) is 17.1 Å². The Kier molecular flexibility index (Phi) is 6.91.